The van der Waals surface area contributed by atoms with Gasteiger partial charge < -0.3 is 52.6 Å². The number of benzene rings is 1. The number of carbonyl (C=O) groups excluding carboxylic acids is 5. The van der Waals surface area contributed by atoms with Gasteiger partial charge in [-0.2, -0.15) is 0 Å². The van der Waals surface area contributed by atoms with Crippen molar-refractivity contribution in [1.29, 1.82) is 0 Å². The number of carboxylic acids is 2. The fraction of sp³-hybridized carbons (Fsp3) is 0.512. The van der Waals surface area contributed by atoms with Crippen molar-refractivity contribution in [2.45, 2.75) is 97.0 Å². The van der Waals surface area contributed by atoms with Crippen LogP contribution in [-0.2, 0) is 44.7 Å². The molecule has 8 atom stereocenters. The van der Waals surface area contributed by atoms with E-state index in [1.54, 1.807) is 19.3 Å². The third kappa shape index (κ3) is 15.7. The summed E-state index contributed by atoms with van der Waals surface area (Å²) in [5, 5.41) is 30.2. The molecule has 0 saturated carbocycles. The third-order valence-electron chi connectivity index (χ3n) is 10.1. The Labute approximate surface area is 344 Å². The van der Waals surface area contributed by atoms with Gasteiger partial charge in [0.2, 0.25) is 23.6 Å². The molecule has 59 heavy (non-hydrogen) atoms. The number of ether oxygens (including phenoxy) is 1. The first-order valence-electron chi connectivity index (χ1n) is 19.4. The Morgan fingerprint density at radius 3 is 2.19 bits per heavy atom. The summed E-state index contributed by atoms with van der Waals surface area (Å²) in [4.78, 5) is 97.5. The highest BCUT2D eigenvalue weighted by molar-refractivity contribution is 6.00. The highest BCUT2D eigenvalue weighted by atomic mass is 16.5. The summed E-state index contributed by atoms with van der Waals surface area (Å²) in [5.41, 5.74) is 12.5. The van der Waals surface area contributed by atoms with Crippen LogP contribution in [0.25, 0.3) is 0 Å². The summed E-state index contributed by atoms with van der Waals surface area (Å²) in [6.45, 7) is 8.07. The van der Waals surface area contributed by atoms with E-state index in [1.807, 2.05) is 50.3 Å². The van der Waals surface area contributed by atoms with Gasteiger partial charge in [0.1, 0.15) is 23.8 Å². The van der Waals surface area contributed by atoms with Crippen LogP contribution in [0, 0.1) is 17.8 Å². The summed E-state index contributed by atoms with van der Waals surface area (Å²) in [6.07, 6.45) is 6.35. The number of nitrogens with one attached hydrogen (secondary N) is 4. The number of likely N-dealkylation sites (N-methyl/N-ethyl adjacent to an activating group) is 1. The fourth-order valence-electron chi connectivity index (χ4n) is 6.38. The Balaban J connectivity index is 2.63. The summed E-state index contributed by atoms with van der Waals surface area (Å²) >= 11 is 0. The van der Waals surface area contributed by atoms with E-state index in [2.05, 4.69) is 26.3 Å². The van der Waals surface area contributed by atoms with Crippen molar-refractivity contribution in [3.8, 4) is 0 Å². The number of rotatable bonds is 13. The molecule has 1 heterocycles. The molecule has 0 aliphatic carbocycles. The number of hydrogen-bond donors (Lipinski definition) is 8. The molecule has 0 radical (unpaired) electrons. The molecule has 1 aromatic carbocycles. The Morgan fingerprint density at radius 1 is 0.966 bits per heavy atom. The number of allylic oxidation sites excluding steroid dienone is 3. The van der Waals surface area contributed by atoms with Gasteiger partial charge in [-0.1, -0.05) is 81.0 Å². The lowest BCUT2D eigenvalue weighted by molar-refractivity contribution is -0.146. The van der Waals surface area contributed by atoms with Gasteiger partial charge in [-0.25, -0.2) is 9.59 Å². The molecule has 18 heteroatoms. The van der Waals surface area contributed by atoms with E-state index in [-0.39, 0.29) is 49.5 Å². The molecule has 0 bridgehead atoms. The smallest absolute Gasteiger partial charge is 0.327 e. The summed E-state index contributed by atoms with van der Waals surface area (Å²) in [5.74, 6) is -9.91. The van der Waals surface area contributed by atoms with Crippen LogP contribution in [0.1, 0.15) is 65.9 Å². The van der Waals surface area contributed by atoms with Crippen molar-refractivity contribution < 1.29 is 48.5 Å². The Bertz CT molecular complexity index is 1780. The standard InChI is InChI=1S/C41H60N8O10/c1-8-31-38(54)48-34(40(57)58)26(5)36(52)46-29(15-12-20-44-41(42)43)37(53)45-28(25(4)35(51)47-30(39(55)56)18-19-33(50)49(31)6)17-16-23(2)21-24(3)32(59-7)22-27-13-10-9-11-14-27/h8-11,13-14,16-17,21,24-26,28-30,32,34H,12,15,18-20,22H2,1-7H3,(H,45,53)(H,46,52)(H,47,51)(H,48,54)(H,55,56)(H,57,58)(H4,42,43,44)/b17-16-,23-21+,31-8-. The van der Waals surface area contributed by atoms with Crippen molar-refractivity contribution in [1.82, 2.24) is 26.2 Å². The molecule has 1 aromatic rings. The van der Waals surface area contributed by atoms with E-state index in [0.717, 1.165) is 16.0 Å². The number of amides is 5. The van der Waals surface area contributed by atoms with Crippen LogP contribution in [-0.4, -0.2) is 114 Å². The van der Waals surface area contributed by atoms with Gasteiger partial charge in [0.05, 0.1) is 24.0 Å². The van der Waals surface area contributed by atoms with Crippen LogP contribution < -0.4 is 32.7 Å². The monoisotopic (exact) mass is 824 g/mol. The zero-order chi connectivity index (χ0) is 44.4. The molecule has 2 rings (SSSR count). The molecule has 1 aliphatic rings. The average Bonchev–Trinajstić information content (AvgIpc) is 3.19. The zero-order valence-electron chi connectivity index (χ0n) is 34.8. The summed E-state index contributed by atoms with van der Waals surface area (Å²) in [6, 6.07) is 4.12. The predicted octanol–water partition coefficient (Wildman–Crippen LogP) is 0.973. The Hall–Kier alpha value is -6.04. The van der Waals surface area contributed by atoms with E-state index in [1.165, 1.54) is 33.9 Å². The zero-order valence-corrected chi connectivity index (χ0v) is 34.8. The number of carboxylic acid groups (broad SMARTS) is 2. The Morgan fingerprint density at radius 2 is 1.61 bits per heavy atom. The molecular weight excluding hydrogens is 764 g/mol. The molecule has 0 aromatic heterocycles. The highest BCUT2D eigenvalue weighted by Gasteiger charge is 2.36. The molecule has 324 valence electrons. The maximum atomic E-state index is 14.1. The van der Waals surface area contributed by atoms with Crippen molar-refractivity contribution in [3.05, 3.63) is 71.5 Å². The second-order valence-electron chi connectivity index (χ2n) is 14.6. The molecule has 1 saturated heterocycles. The van der Waals surface area contributed by atoms with E-state index >= 15 is 0 Å². The average molecular weight is 825 g/mol. The third-order valence-corrected chi connectivity index (χ3v) is 10.1. The Kier molecular flexibility index (Phi) is 20.0. The number of aliphatic imine (C=N–C) groups is 1. The quantitative estimate of drug-likeness (QED) is 0.0454. The molecule has 0 spiro atoms. The SMILES string of the molecule is C/C=C1/C(=O)NC(C(=O)O)C(C)C(=O)NC(CCCN=C(N)N)C(=O)NC(/C=C\C(C)=C\C(C)C(Cc2ccccc2)OC)C(C)C(=O)NC(C(=O)O)CCC(=O)N1C. The number of carbonyl (C=O) groups is 7. The van der Waals surface area contributed by atoms with Gasteiger partial charge in [0, 0.05) is 33.0 Å². The van der Waals surface area contributed by atoms with Gasteiger partial charge >= 0.3 is 11.9 Å². The maximum absolute atomic E-state index is 14.1. The topological polar surface area (TPSA) is 285 Å². The highest BCUT2D eigenvalue weighted by Crippen LogP contribution is 2.19. The first-order valence-corrected chi connectivity index (χ1v) is 19.4. The minimum atomic E-state index is -1.80. The fourth-order valence-corrected chi connectivity index (χ4v) is 6.38. The van der Waals surface area contributed by atoms with Crippen LogP contribution in [0.5, 0.6) is 0 Å². The maximum Gasteiger partial charge on any atom is 0.327 e. The van der Waals surface area contributed by atoms with Crippen LogP contribution >= 0.6 is 0 Å². The van der Waals surface area contributed by atoms with Gasteiger partial charge in [-0.05, 0) is 45.1 Å². The molecule has 1 fully saturated rings. The first kappa shape index (κ1) is 49.1. The minimum absolute atomic E-state index is 0.0326. The van der Waals surface area contributed by atoms with Crippen LogP contribution in [0.2, 0.25) is 0 Å². The normalized spacial score (nSPS) is 25.1. The minimum Gasteiger partial charge on any atom is -0.480 e. The second-order valence-corrected chi connectivity index (χ2v) is 14.6. The molecule has 18 nitrogen and oxygen atoms in total. The van der Waals surface area contributed by atoms with Crippen LogP contribution in [0.4, 0.5) is 0 Å². The molecule has 8 unspecified atom stereocenters. The molecule has 5 amide bonds. The lowest BCUT2D eigenvalue weighted by atomic mass is 9.94. The molecule has 10 N–H and O–H groups in total. The van der Waals surface area contributed by atoms with Crippen LogP contribution in [0.15, 0.2) is 70.9 Å². The van der Waals surface area contributed by atoms with E-state index in [9.17, 15) is 43.8 Å². The number of methoxy groups -OCH3 is 1. The van der Waals surface area contributed by atoms with E-state index in [0.29, 0.717) is 6.42 Å². The lowest BCUT2D eigenvalue weighted by Gasteiger charge is -2.28. The van der Waals surface area contributed by atoms with Gasteiger partial charge in [-0.15, -0.1) is 0 Å². The number of hydrogen-bond acceptors (Lipinski definition) is 9. The largest absolute Gasteiger partial charge is 0.480 e. The molecule has 1 aliphatic heterocycles. The number of aliphatic carboxylic acids is 2. The summed E-state index contributed by atoms with van der Waals surface area (Å²) in [7, 11) is 2.88. The number of nitrogens with zero attached hydrogens (tertiary/aromatic N) is 2. The van der Waals surface area contributed by atoms with Crippen molar-refractivity contribution in [3.63, 3.8) is 0 Å². The molecular formula is C41H60N8O10. The van der Waals surface area contributed by atoms with Gasteiger partial charge in [0.25, 0.3) is 5.91 Å². The number of guanidine groups is 1. The van der Waals surface area contributed by atoms with E-state index in [4.69, 9.17) is 16.2 Å². The van der Waals surface area contributed by atoms with Crippen molar-refractivity contribution >= 4 is 47.4 Å². The van der Waals surface area contributed by atoms with Crippen molar-refractivity contribution in [2.24, 2.45) is 34.2 Å². The second kappa shape index (κ2) is 24.0. The van der Waals surface area contributed by atoms with Crippen LogP contribution in [0.3, 0.4) is 0 Å². The summed E-state index contributed by atoms with van der Waals surface area (Å²) < 4.78 is 5.79. The van der Waals surface area contributed by atoms with Crippen molar-refractivity contribution in [2.75, 3.05) is 20.7 Å². The van der Waals surface area contributed by atoms with E-state index < -0.39 is 83.9 Å². The van der Waals surface area contributed by atoms with Gasteiger partial charge in [0.15, 0.2) is 5.96 Å². The lowest BCUT2D eigenvalue weighted by Crippen LogP contribution is -2.56. The first-order chi connectivity index (χ1) is 27.8. The van der Waals surface area contributed by atoms with Gasteiger partial charge in [-0.3, -0.25) is 29.0 Å². The number of nitrogens with two attached hydrogens (primary N) is 2. The predicted molar refractivity (Wildman–Crippen MR) is 220 cm³/mol.